The molecule has 0 fully saturated rings. The van der Waals surface area contributed by atoms with Crippen LogP contribution in [0.5, 0.6) is 0 Å². The van der Waals surface area contributed by atoms with E-state index in [2.05, 4.69) is 5.32 Å². The summed E-state index contributed by atoms with van der Waals surface area (Å²) < 4.78 is 41.4. The smallest absolute Gasteiger partial charge is 0.352 e. The Bertz CT molecular complexity index is 1060. The molecule has 2 aromatic carbocycles. The molecular formula is C21H19F3N2O2. The first-order valence-electron chi connectivity index (χ1n) is 8.88. The van der Waals surface area contributed by atoms with Crippen LogP contribution >= 0.6 is 0 Å². The van der Waals surface area contributed by atoms with Gasteiger partial charge in [0.2, 0.25) is 5.43 Å². The summed E-state index contributed by atoms with van der Waals surface area (Å²) in [5.74, 6) is -0.595. The fourth-order valence-electron chi connectivity index (χ4n) is 3.16. The van der Waals surface area contributed by atoms with Gasteiger partial charge in [-0.25, -0.2) is 0 Å². The van der Waals surface area contributed by atoms with E-state index < -0.39 is 23.1 Å². The number of nitrogens with zero attached hydrogens (tertiary/aromatic N) is 1. The normalized spacial score (nSPS) is 11.6. The molecule has 0 aliphatic heterocycles. The van der Waals surface area contributed by atoms with Crippen LogP contribution in [0.15, 0.2) is 59.5 Å². The number of hydrogen-bond donors (Lipinski definition) is 1. The monoisotopic (exact) mass is 388 g/mol. The van der Waals surface area contributed by atoms with E-state index in [0.717, 1.165) is 11.6 Å². The van der Waals surface area contributed by atoms with Gasteiger partial charge >= 0.3 is 6.18 Å². The van der Waals surface area contributed by atoms with Crippen LogP contribution in [0, 0.1) is 0 Å². The van der Waals surface area contributed by atoms with Gasteiger partial charge in [0.25, 0.3) is 5.91 Å². The number of carbonyl (C=O) groups excluding carboxylic acids is 1. The second kappa shape index (κ2) is 7.88. The van der Waals surface area contributed by atoms with Gasteiger partial charge in [0.1, 0.15) is 5.56 Å². The van der Waals surface area contributed by atoms with Crippen LogP contribution in [0.2, 0.25) is 0 Å². The number of benzene rings is 2. The number of hydrogen-bond acceptors (Lipinski definition) is 2. The molecule has 28 heavy (non-hydrogen) atoms. The molecule has 1 amide bonds. The molecule has 1 heterocycles. The molecule has 0 atom stereocenters. The number of pyridine rings is 1. The van der Waals surface area contributed by atoms with Crippen molar-refractivity contribution in [2.24, 2.45) is 0 Å². The Labute approximate surface area is 159 Å². The lowest BCUT2D eigenvalue weighted by molar-refractivity contribution is -0.136. The van der Waals surface area contributed by atoms with E-state index in [1.165, 1.54) is 22.9 Å². The molecule has 146 valence electrons. The molecule has 0 saturated heterocycles. The number of fused-ring (bicyclic) bond motifs is 1. The van der Waals surface area contributed by atoms with Crippen molar-refractivity contribution in [3.8, 4) is 0 Å². The number of halogens is 3. The lowest BCUT2D eigenvalue weighted by Gasteiger charge is -2.16. The molecule has 0 aliphatic carbocycles. The van der Waals surface area contributed by atoms with Crippen LogP contribution < -0.4 is 10.7 Å². The van der Waals surface area contributed by atoms with Crippen molar-refractivity contribution >= 4 is 16.8 Å². The predicted octanol–water partition coefficient (Wildman–Crippen LogP) is 4.01. The Morgan fingerprint density at radius 1 is 1.07 bits per heavy atom. The third kappa shape index (κ3) is 3.93. The summed E-state index contributed by atoms with van der Waals surface area (Å²) >= 11 is 0. The summed E-state index contributed by atoms with van der Waals surface area (Å²) in [4.78, 5) is 25.2. The number of rotatable bonds is 5. The topological polar surface area (TPSA) is 51.1 Å². The highest BCUT2D eigenvalue weighted by Gasteiger charge is 2.34. The van der Waals surface area contributed by atoms with E-state index >= 15 is 0 Å². The molecule has 3 rings (SSSR count). The van der Waals surface area contributed by atoms with Gasteiger partial charge in [-0.2, -0.15) is 13.2 Å². The van der Waals surface area contributed by atoms with E-state index in [4.69, 9.17) is 0 Å². The zero-order chi connectivity index (χ0) is 20.3. The largest absolute Gasteiger partial charge is 0.418 e. The van der Waals surface area contributed by atoms with Crippen LogP contribution in [0.25, 0.3) is 10.9 Å². The lowest BCUT2D eigenvalue weighted by Crippen LogP contribution is -2.31. The summed E-state index contributed by atoms with van der Waals surface area (Å²) in [6.45, 7) is 2.16. The van der Waals surface area contributed by atoms with Gasteiger partial charge in [-0.3, -0.25) is 9.59 Å². The highest BCUT2D eigenvalue weighted by atomic mass is 19.4. The number of aryl methyl sites for hydroxylation is 1. The minimum Gasteiger partial charge on any atom is -0.352 e. The van der Waals surface area contributed by atoms with E-state index in [9.17, 15) is 22.8 Å². The summed E-state index contributed by atoms with van der Waals surface area (Å²) in [7, 11) is 0. The van der Waals surface area contributed by atoms with Crippen LogP contribution in [-0.4, -0.2) is 17.0 Å². The Kier molecular flexibility index (Phi) is 5.53. The summed E-state index contributed by atoms with van der Waals surface area (Å²) in [5, 5.41) is 2.56. The first-order valence-corrected chi connectivity index (χ1v) is 8.88. The maximum absolute atomic E-state index is 13.4. The molecular weight excluding hydrogens is 369 g/mol. The molecule has 0 aliphatic rings. The fourth-order valence-corrected chi connectivity index (χ4v) is 3.16. The second-order valence-corrected chi connectivity index (χ2v) is 6.35. The molecule has 0 spiro atoms. The van der Waals surface area contributed by atoms with Crippen LogP contribution in [0.1, 0.15) is 28.4 Å². The number of carbonyl (C=O) groups is 1. The third-order valence-electron chi connectivity index (χ3n) is 4.53. The zero-order valence-electron chi connectivity index (χ0n) is 15.2. The summed E-state index contributed by atoms with van der Waals surface area (Å²) in [6.07, 6.45) is -2.81. The molecule has 0 saturated carbocycles. The molecule has 1 aromatic heterocycles. The van der Waals surface area contributed by atoms with Gasteiger partial charge in [0, 0.05) is 24.7 Å². The molecule has 7 heteroatoms. The molecule has 0 radical (unpaired) electrons. The lowest BCUT2D eigenvalue weighted by atomic mass is 10.1. The number of nitrogens with one attached hydrogen (secondary N) is 1. The Hall–Kier alpha value is -3.09. The zero-order valence-corrected chi connectivity index (χ0v) is 15.2. The maximum atomic E-state index is 13.4. The third-order valence-corrected chi connectivity index (χ3v) is 4.53. The minimum atomic E-state index is -4.59. The second-order valence-electron chi connectivity index (χ2n) is 6.35. The van der Waals surface area contributed by atoms with Crippen molar-refractivity contribution in [2.75, 3.05) is 6.54 Å². The van der Waals surface area contributed by atoms with Gasteiger partial charge in [-0.05, 0) is 31.0 Å². The number of amides is 1. The van der Waals surface area contributed by atoms with Crippen LogP contribution in [-0.2, 0) is 19.1 Å². The van der Waals surface area contributed by atoms with E-state index in [-0.39, 0.29) is 23.0 Å². The Morgan fingerprint density at radius 2 is 1.79 bits per heavy atom. The molecule has 0 bridgehead atoms. The summed E-state index contributed by atoms with van der Waals surface area (Å²) in [6, 6.07) is 12.9. The maximum Gasteiger partial charge on any atom is 0.418 e. The number of para-hydroxylation sites is 1. The first-order chi connectivity index (χ1) is 13.3. The van der Waals surface area contributed by atoms with E-state index in [1.54, 1.807) is 6.92 Å². The molecule has 0 unspecified atom stereocenters. The van der Waals surface area contributed by atoms with Gasteiger partial charge in [-0.15, -0.1) is 0 Å². The fraction of sp³-hybridized carbons (Fsp3) is 0.238. The molecule has 3 aromatic rings. The van der Waals surface area contributed by atoms with Crippen molar-refractivity contribution in [1.29, 1.82) is 0 Å². The highest BCUT2D eigenvalue weighted by molar-refractivity contribution is 5.97. The van der Waals surface area contributed by atoms with Gasteiger partial charge in [-0.1, -0.05) is 36.4 Å². The minimum absolute atomic E-state index is 0.118. The van der Waals surface area contributed by atoms with E-state index in [0.29, 0.717) is 13.0 Å². The quantitative estimate of drug-likeness (QED) is 0.718. The van der Waals surface area contributed by atoms with Gasteiger partial charge in [0.15, 0.2) is 0 Å². The van der Waals surface area contributed by atoms with Crippen molar-refractivity contribution < 1.29 is 18.0 Å². The standard InChI is InChI=1S/C21H19F3N2O2/c1-2-26-13-16(20(28)25-12-11-14-7-4-3-5-8-14)19(27)15-9-6-10-17(18(15)26)21(22,23)24/h3-10,13H,2,11-12H2,1H3,(H,25,28). The average Bonchev–Trinajstić information content (AvgIpc) is 2.68. The van der Waals surface area contributed by atoms with Crippen LogP contribution in [0.4, 0.5) is 13.2 Å². The van der Waals surface area contributed by atoms with E-state index in [1.807, 2.05) is 30.3 Å². The van der Waals surface area contributed by atoms with Crippen molar-refractivity contribution in [2.45, 2.75) is 26.1 Å². The Morgan fingerprint density at radius 3 is 2.43 bits per heavy atom. The SMILES string of the molecule is CCn1cc(C(=O)NCCc2ccccc2)c(=O)c2cccc(C(F)(F)F)c21. The Balaban J connectivity index is 1.95. The number of alkyl halides is 3. The average molecular weight is 388 g/mol. The molecule has 4 nitrogen and oxygen atoms in total. The van der Waals surface area contributed by atoms with Crippen molar-refractivity contribution in [3.63, 3.8) is 0 Å². The van der Waals surface area contributed by atoms with Crippen molar-refractivity contribution in [1.82, 2.24) is 9.88 Å². The predicted molar refractivity (Wildman–Crippen MR) is 101 cm³/mol. The molecule has 1 N–H and O–H groups in total. The van der Waals surface area contributed by atoms with Gasteiger partial charge in [0.05, 0.1) is 11.1 Å². The first kappa shape index (κ1) is 19.7. The van der Waals surface area contributed by atoms with Crippen molar-refractivity contribution in [3.05, 3.63) is 81.6 Å². The number of aromatic nitrogens is 1. The summed E-state index contributed by atoms with van der Waals surface area (Å²) in [5.41, 5.74) is -0.935. The van der Waals surface area contributed by atoms with Gasteiger partial charge < -0.3 is 9.88 Å². The van der Waals surface area contributed by atoms with Crippen LogP contribution in [0.3, 0.4) is 0 Å². The highest BCUT2D eigenvalue weighted by Crippen LogP contribution is 2.34.